The van der Waals surface area contributed by atoms with Crippen molar-refractivity contribution >= 4 is 64.1 Å². The number of nitrogens with one attached hydrogen (secondary N) is 4. The number of halogens is 1. The molecular formula is C58H76BBrN4O18. The van der Waals surface area contributed by atoms with Gasteiger partial charge in [0.1, 0.15) is 42.5 Å². The zero-order chi connectivity index (χ0) is 61.1. The molecule has 0 bridgehead atoms. The highest BCUT2D eigenvalue weighted by atomic mass is 79.9. The number of aliphatic hydroxyl groups excluding tert-OH is 4. The number of hydrogen-bond acceptors (Lipinski definition) is 18. The minimum absolute atomic E-state index is 0.0181. The van der Waals surface area contributed by atoms with Crippen LogP contribution in [0.25, 0.3) is 11.1 Å². The van der Waals surface area contributed by atoms with Gasteiger partial charge in [0, 0.05) is 74.7 Å². The lowest BCUT2D eigenvalue weighted by molar-refractivity contribution is -0.277. The molecule has 8 N–H and O–H groups in total. The number of aryl methyl sites for hydroxylation is 2. The van der Waals surface area contributed by atoms with E-state index < -0.39 is 74.0 Å². The fourth-order valence-corrected chi connectivity index (χ4v) is 9.36. The molecule has 10 atom stereocenters. The highest BCUT2D eigenvalue weighted by Crippen LogP contribution is 2.38. The maximum absolute atomic E-state index is 12.2. The maximum Gasteiger partial charge on any atom is 0.494 e. The Morgan fingerprint density at radius 3 is 1.50 bits per heavy atom. The van der Waals surface area contributed by atoms with Gasteiger partial charge in [-0.15, -0.1) is 0 Å². The highest BCUT2D eigenvalue weighted by molar-refractivity contribution is 9.10. The number of esters is 2. The third-order valence-electron chi connectivity index (χ3n) is 14.6. The predicted octanol–water partition coefficient (Wildman–Crippen LogP) is 3.89. The second-order valence-electron chi connectivity index (χ2n) is 21.0. The molecule has 0 aliphatic carbocycles. The number of ether oxygens (including phenoxy) is 6. The number of amides is 4. The van der Waals surface area contributed by atoms with Crippen molar-refractivity contribution in [1.82, 2.24) is 21.3 Å². The molecule has 22 nitrogen and oxygen atoms in total. The van der Waals surface area contributed by atoms with Gasteiger partial charge in [0.15, 0.2) is 6.10 Å². The summed E-state index contributed by atoms with van der Waals surface area (Å²) in [5.74, 6) is -0.988. The lowest BCUT2D eigenvalue weighted by Gasteiger charge is -2.43. The summed E-state index contributed by atoms with van der Waals surface area (Å²) >= 11 is 3.42. The molecule has 0 saturated carbocycles. The topological polar surface area (TPSA) is 305 Å². The molecule has 0 spiro atoms. The van der Waals surface area contributed by atoms with Crippen LogP contribution in [0.4, 0.5) is 0 Å². The first-order chi connectivity index (χ1) is 38.5. The van der Waals surface area contributed by atoms with E-state index >= 15 is 0 Å². The summed E-state index contributed by atoms with van der Waals surface area (Å²) in [5, 5.41) is 49.6. The summed E-state index contributed by atoms with van der Waals surface area (Å²) < 4.78 is 46.7. The van der Waals surface area contributed by atoms with Crippen LogP contribution in [0.15, 0.2) is 77.3 Å². The van der Waals surface area contributed by atoms with Crippen molar-refractivity contribution in [3.05, 3.63) is 111 Å². The fourth-order valence-electron chi connectivity index (χ4n) is 8.88. The van der Waals surface area contributed by atoms with Gasteiger partial charge < -0.3 is 79.4 Å². The first-order valence-corrected chi connectivity index (χ1v) is 27.3. The summed E-state index contributed by atoms with van der Waals surface area (Å²) in [6.07, 6.45) is -8.62. The monoisotopic (exact) mass is 1210 g/mol. The van der Waals surface area contributed by atoms with Gasteiger partial charge in [0.2, 0.25) is 12.6 Å². The molecule has 3 heterocycles. The smallest absolute Gasteiger partial charge is 0.463 e. The Bertz CT molecular complexity index is 2860. The molecule has 446 valence electrons. The van der Waals surface area contributed by atoms with Gasteiger partial charge in [-0.3, -0.25) is 28.8 Å². The zero-order valence-corrected chi connectivity index (χ0v) is 50.2. The average Bonchev–Trinajstić information content (AvgIpc) is 3.95. The first-order valence-electron chi connectivity index (χ1n) is 26.5. The molecule has 82 heavy (non-hydrogen) atoms. The van der Waals surface area contributed by atoms with E-state index in [1.807, 2.05) is 66.7 Å². The zero-order valence-electron chi connectivity index (χ0n) is 48.6. The summed E-state index contributed by atoms with van der Waals surface area (Å²) in [5.41, 5.74) is 4.01. The van der Waals surface area contributed by atoms with E-state index in [1.165, 1.54) is 34.0 Å². The number of rotatable bonds is 14. The largest absolute Gasteiger partial charge is 0.494 e. The van der Waals surface area contributed by atoms with Crippen molar-refractivity contribution in [3.8, 4) is 22.6 Å². The number of carbonyl (C=O) groups excluding carboxylic acids is 6. The SMILES string of the molecule is CC(=O)OCC1OC(Oc2ccc(Br)cc2C)C(OC(C)=O)C(C)C1C.CNC(=O)c1cc(B2OC(C)(C)C(C)(C)O2)cc(C(=O)NC)c1.CNC(=O)c1cc(C(=O)NC)cc(-c2ccc(OC3OC(CO)C(O)C(O)C3O)c(C)c2)c1. The third-order valence-corrected chi connectivity index (χ3v) is 15.1. The van der Waals surface area contributed by atoms with Gasteiger partial charge in [0.05, 0.1) is 23.9 Å². The molecule has 4 aromatic carbocycles. The van der Waals surface area contributed by atoms with E-state index in [-0.39, 0.29) is 54.1 Å². The molecule has 3 aliphatic rings. The molecule has 3 aliphatic heterocycles. The van der Waals surface area contributed by atoms with Gasteiger partial charge in [-0.25, -0.2) is 0 Å². The Kier molecular flexibility index (Phi) is 23.2. The standard InChI is InChI=1S/C23H28N2O8.C19H25BrO6.C16H23BN2O4/c1-11-6-12(13-7-14(21(30)24-2)9-15(8-13)22(31)25-3)4-5-16(11)32-23-20(29)19(28)18(27)17(10-26)33-23;1-10-8-15(20)6-7-16(10)25-19-18(24-14(5)22)12(3)11(2)17(26-19)9-23-13(4)21;1-15(2)16(3,4)23-17(22-15)12-8-10(13(20)18-5)7-11(9-12)14(21)19-6/h4-9,17-20,23,26-29H,10H2,1-3H3,(H,24,30)(H,25,31);6-8,11-12,17-19H,9H2,1-5H3;7-9H,1-6H3,(H,18,20)(H,19,21). The van der Waals surface area contributed by atoms with Crippen LogP contribution in [-0.2, 0) is 37.8 Å². The van der Waals surface area contributed by atoms with Gasteiger partial charge in [-0.2, -0.15) is 0 Å². The van der Waals surface area contributed by atoms with Crippen molar-refractivity contribution < 1.29 is 86.9 Å². The van der Waals surface area contributed by atoms with Crippen LogP contribution in [0.3, 0.4) is 0 Å². The van der Waals surface area contributed by atoms with E-state index in [0.717, 1.165) is 10.0 Å². The van der Waals surface area contributed by atoms with E-state index in [9.17, 15) is 49.2 Å². The van der Waals surface area contributed by atoms with Crippen molar-refractivity contribution in [3.63, 3.8) is 0 Å². The molecule has 10 unspecified atom stereocenters. The van der Waals surface area contributed by atoms with Crippen molar-refractivity contribution in [2.75, 3.05) is 41.4 Å². The average molecular weight is 1210 g/mol. The van der Waals surface area contributed by atoms with Crippen LogP contribution >= 0.6 is 15.9 Å². The second kappa shape index (κ2) is 28.7. The van der Waals surface area contributed by atoms with Gasteiger partial charge >= 0.3 is 19.1 Å². The molecule has 3 fully saturated rings. The quantitative estimate of drug-likeness (QED) is 0.0656. The van der Waals surface area contributed by atoms with Crippen LogP contribution in [0.1, 0.15) is 108 Å². The lowest BCUT2D eigenvalue weighted by atomic mass is 9.77. The van der Waals surface area contributed by atoms with E-state index in [0.29, 0.717) is 55.9 Å². The van der Waals surface area contributed by atoms with Crippen LogP contribution in [-0.4, -0.2) is 165 Å². The van der Waals surface area contributed by atoms with Crippen LogP contribution < -0.4 is 36.2 Å². The Hall–Kier alpha value is -6.48. The Morgan fingerprint density at radius 2 is 1.05 bits per heavy atom. The van der Waals surface area contributed by atoms with Crippen LogP contribution in [0, 0.1) is 25.7 Å². The minimum Gasteiger partial charge on any atom is -0.463 e. The minimum atomic E-state index is -1.55. The van der Waals surface area contributed by atoms with Gasteiger partial charge in [-0.1, -0.05) is 35.8 Å². The summed E-state index contributed by atoms with van der Waals surface area (Å²) in [6, 6.07) is 20.5. The summed E-state index contributed by atoms with van der Waals surface area (Å²) in [7, 11) is 5.47. The molecule has 7 rings (SSSR count). The molecule has 24 heteroatoms. The normalized spacial score (nSPS) is 24.2. The Balaban J connectivity index is 0.000000230. The maximum atomic E-state index is 12.2. The summed E-state index contributed by atoms with van der Waals surface area (Å²) in [6.45, 7) is 17.8. The van der Waals surface area contributed by atoms with Crippen molar-refractivity contribution in [2.24, 2.45) is 11.8 Å². The number of hydrogen-bond donors (Lipinski definition) is 8. The summed E-state index contributed by atoms with van der Waals surface area (Å²) in [4.78, 5) is 71.0. The molecule has 0 radical (unpaired) electrons. The number of aliphatic hydroxyl groups is 4. The van der Waals surface area contributed by atoms with Crippen molar-refractivity contribution in [1.29, 1.82) is 0 Å². The molecule has 0 aromatic heterocycles. The molecule has 4 aromatic rings. The molecular weight excluding hydrogens is 1130 g/mol. The van der Waals surface area contributed by atoms with Crippen molar-refractivity contribution in [2.45, 2.75) is 130 Å². The van der Waals surface area contributed by atoms with E-state index in [4.69, 9.17) is 37.7 Å². The highest BCUT2D eigenvalue weighted by Gasteiger charge is 2.52. The molecule has 4 amide bonds. The van der Waals surface area contributed by atoms with Gasteiger partial charge in [0.25, 0.3) is 23.6 Å². The predicted molar refractivity (Wildman–Crippen MR) is 305 cm³/mol. The second-order valence-corrected chi connectivity index (χ2v) is 21.9. The fraction of sp³-hybridized carbons (Fsp3) is 0.483. The van der Waals surface area contributed by atoms with E-state index in [1.54, 1.807) is 69.6 Å². The Labute approximate surface area is 486 Å². The van der Waals surface area contributed by atoms with Gasteiger partial charge in [-0.05, 0) is 142 Å². The third kappa shape index (κ3) is 16.4. The molecule has 3 saturated heterocycles. The number of benzene rings is 4. The number of carbonyl (C=O) groups is 6. The van der Waals surface area contributed by atoms with E-state index in [2.05, 4.69) is 37.2 Å². The van der Waals surface area contributed by atoms with Crippen LogP contribution in [0.5, 0.6) is 11.5 Å². The first kappa shape index (κ1) is 66.3. The lowest BCUT2D eigenvalue weighted by Crippen LogP contribution is -2.60. The van der Waals surface area contributed by atoms with Crippen LogP contribution in [0.2, 0.25) is 0 Å². The Morgan fingerprint density at radius 1 is 0.585 bits per heavy atom.